The Balaban J connectivity index is 0.000000668. The minimum Gasteiger partial charge on any atom is -0.451 e. The zero-order chi connectivity index (χ0) is 35.8. The van der Waals surface area contributed by atoms with Crippen molar-refractivity contribution in [1.29, 1.82) is 0 Å². The Bertz CT molecular complexity index is 1590. The molecule has 0 saturated heterocycles. The Morgan fingerprint density at radius 1 is 1.17 bits per heavy atom. The smallest absolute Gasteiger partial charge is 0.290 e. The van der Waals surface area contributed by atoms with Crippen molar-refractivity contribution in [2.75, 3.05) is 13.1 Å². The number of carbonyl (C=O) groups is 1. The summed E-state index contributed by atoms with van der Waals surface area (Å²) in [5.74, 6) is -0.939. The highest BCUT2D eigenvalue weighted by Gasteiger charge is 2.30. The quantitative estimate of drug-likeness (QED) is 0.0699. The molecule has 0 fully saturated rings. The summed E-state index contributed by atoms with van der Waals surface area (Å²) >= 11 is 0. The first-order chi connectivity index (χ1) is 22.9. The average molecular weight is 672 g/mol. The molecular weight excluding hydrogens is 622 g/mol. The van der Waals surface area contributed by atoms with Gasteiger partial charge in [-0.3, -0.25) is 9.79 Å². The van der Waals surface area contributed by atoms with E-state index in [1.54, 1.807) is 19.1 Å². The molecule has 2 aromatic rings. The molecule has 1 aromatic heterocycles. The Kier molecular flexibility index (Phi) is 16.8. The number of ether oxygens (including phenoxy) is 1. The third kappa shape index (κ3) is 12.1. The van der Waals surface area contributed by atoms with E-state index < -0.39 is 29.5 Å². The van der Waals surface area contributed by atoms with Crippen molar-refractivity contribution in [3.05, 3.63) is 100 Å². The monoisotopic (exact) mass is 671 g/mol. The standard InChI is InChI=1S/C31H45F3N2O2.C7H4FNO/c1-9-13-25(14-15-26(32)12-4)28(22(6)11-3)38-29(24(8)30(33)34)31(37)36-19-17-23(7)27(20-36)35-18-16-21(5)10-2;8-5-1-2-7-6(3-5)9-4-10-7/h12-15,18,21,30H,9-11,16-17,19-20H2,1-8H3;1-4H/b15-14-,25-13+,26-12+,28-22?,29-24+,35-18?;. The fraction of sp³-hybridized carbons (Fsp3) is 0.447. The molecule has 1 aliphatic rings. The number of aliphatic imine (C=N–C) groups is 1. The molecule has 10 heteroatoms. The van der Waals surface area contributed by atoms with Crippen molar-refractivity contribution in [1.82, 2.24) is 9.88 Å². The van der Waals surface area contributed by atoms with Crippen molar-refractivity contribution in [2.24, 2.45) is 10.9 Å². The molecule has 1 aliphatic heterocycles. The number of amides is 1. The number of alkyl halides is 2. The molecule has 0 radical (unpaired) electrons. The number of benzene rings is 1. The van der Waals surface area contributed by atoms with E-state index in [1.807, 2.05) is 40.0 Å². The number of allylic oxidation sites excluding steroid dienone is 7. The van der Waals surface area contributed by atoms with Crippen LogP contribution in [0.25, 0.3) is 11.1 Å². The van der Waals surface area contributed by atoms with Gasteiger partial charge in [0, 0.05) is 30.0 Å². The van der Waals surface area contributed by atoms with Gasteiger partial charge in [-0.15, -0.1) is 0 Å². The number of halogens is 4. The zero-order valence-electron chi connectivity index (χ0n) is 29.4. The maximum atomic E-state index is 14.0. The van der Waals surface area contributed by atoms with E-state index in [9.17, 15) is 22.4 Å². The zero-order valence-corrected chi connectivity index (χ0v) is 29.4. The van der Waals surface area contributed by atoms with Gasteiger partial charge in [-0.2, -0.15) is 0 Å². The van der Waals surface area contributed by atoms with E-state index in [0.717, 1.165) is 29.7 Å². The van der Waals surface area contributed by atoms with Gasteiger partial charge < -0.3 is 14.1 Å². The Labute approximate surface area is 282 Å². The van der Waals surface area contributed by atoms with Crippen molar-refractivity contribution >= 4 is 23.2 Å². The predicted molar refractivity (Wildman–Crippen MR) is 186 cm³/mol. The van der Waals surface area contributed by atoms with Crippen LogP contribution < -0.4 is 0 Å². The molecule has 1 unspecified atom stereocenters. The first kappa shape index (κ1) is 40.0. The van der Waals surface area contributed by atoms with Gasteiger partial charge in [0.1, 0.15) is 22.9 Å². The molecule has 3 rings (SSSR count). The molecule has 0 bridgehead atoms. The number of oxazole rings is 1. The van der Waals surface area contributed by atoms with Crippen LogP contribution in [0.5, 0.6) is 0 Å². The first-order valence-electron chi connectivity index (χ1n) is 16.4. The summed E-state index contributed by atoms with van der Waals surface area (Å²) in [4.78, 5) is 23.6. The molecule has 0 spiro atoms. The normalized spacial score (nSPS) is 16.4. The molecule has 2 heterocycles. The van der Waals surface area contributed by atoms with Crippen LogP contribution in [-0.4, -0.2) is 41.5 Å². The Morgan fingerprint density at radius 3 is 2.52 bits per heavy atom. The second-order valence-electron chi connectivity index (χ2n) is 11.7. The molecule has 1 aromatic carbocycles. The summed E-state index contributed by atoms with van der Waals surface area (Å²) < 4.78 is 65.2. The summed E-state index contributed by atoms with van der Waals surface area (Å²) in [6.07, 6.45) is 9.93. The van der Waals surface area contributed by atoms with E-state index in [-0.39, 0.29) is 18.1 Å². The first-order valence-corrected chi connectivity index (χ1v) is 16.4. The van der Waals surface area contributed by atoms with Gasteiger partial charge in [-0.25, -0.2) is 22.5 Å². The number of fused-ring (bicyclic) bond motifs is 1. The summed E-state index contributed by atoms with van der Waals surface area (Å²) in [5.41, 5.74) is 3.87. The number of nitrogens with zero attached hydrogens (tertiary/aromatic N) is 3. The van der Waals surface area contributed by atoms with Crippen LogP contribution in [0.1, 0.15) is 87.5 Å². The summed E-state index contributed by atoms with van der Waals surface area (Å²) in [6, 6.07) is 4.23. The molecule has 6 nitrogen and oxygen atoms in total. The maximum Gasteiger partial charge on any atom is 0.290 e. The van der Waals surface area contributed by atoms with Crippen molar-refractivity contribution < 1.29 is 31.5 Å². The van der Waals surface area contributed by atoms with Crippen molar-refractivity contribution in [2.45, 2.75) is 93.9 Å². The Morgan fingerprint density at radius 2 is 1.90 bits per heavy atom. The van der Waals surface area contributed by atoms with Crippen molar-refractivity contribution in [3.8, 4) is 0 Å². The number of rotatable bonds is 13. The number of hydrogen-bond donors (Lipinski definition) is 0. The van der Waals surface area contributed by atoms with Crippen LogP contribution >= 0.6 is 0 Å². The minimum absolute atomic E-state index is 0.223. The molecule has 262 valence electrons. The predicted octanol–water partition coefficient (Wildman–Crippen LogP) is 11.0. The highest BCUT2D eigenvalue weighted by atomic mass is 19.3. The molecule has 0 saturated carbocycles. The van der Waals surface area contributed by atoms with Gasteiger partial charge in [0.05, 0.1) is 12.2 Å². The van der Waals surface area contributed by atoms with Crippen LogP contribution in [0, 0.1) is 11.7 Å². The third-order valence-electron chi connectivity index (χ3n) is 8.01. The highest BCUT2D eigenvalue weighted by Crippen LogP contribution is 2.29. The van der Waals surface area contributed by atoms with E-state index in [2.05, 4.69) is 23.8 Å². The SMILES string of the molecule is C\C=C(F)/C=C\C(=C/CC)C(O/C(C(=O)N1CCC(C)=C(N=CCC(C)CC)C1)=C(\C)C(F)F)=C(C)CC.Fc1ccc2ocnc2c1. The molecular formula is C38H49F4N3O3. The number of hydrogen-bond acceptors (Lipinski definition) is 5. The fourth-order valence-corrected chi connectivity index (χ4v) is 4.42. The van der Waals surface area contributed by atoms with Gasteiger partial charge in [0.15, 0.2) is 17.7 Å². The largest absolute Gasteiger partial charge is 0.451 e. The summed E-state index contributed by atoms with van der Waals surface area (Å²) in [6.45, 7) is 15.3. The van der Waals surface area contributed by atoms with Gasteiger partial charge in [-0.1, -0.05) is 46.3 Å². The van der Waals surface area contributed by atoms with Crippen LogP contribution in [0.15, 0.2) is 104 Å². The maximum absolute atomic E-state index is 14.0. The second kappa shape index (κ2) is 20.2. The van der Waals surface area contributed by atoms with Crippen LogP contribution in [0.4, 0.5) is 17.6 Å². The fourth-order valence-electron chi connectivity index (χ4n) is 4.42. The van der Waals surface area contributed by atoms with Crippen LogP contribution in [-0.2, 0) is 9.53 Å². The number of carbonyl (C=O) groups excluding carboxylic acids is 1. The molecule has 48 heavy (non-hydrogen) atoms. The second-order valence-corrected chi connectivity index (χ2v) is 11.7. The van der Waals surface area contributed by atoms with E-state index in [1.165, 1.54) is 42.5 Å². The van der Waals surface area contributed by atoms with Gasteiger partial charge in [0.2, 0.25) is 0 Å². The summed E-state index contributed by atoms with van der Waals surface area (Å²) in [7, 11) is 0. The molecule has 0 N–H and O–H groups in total. The topological polar surface area (TPSA) is 67.9 Å². The van der Waals surface area contributed by atoms with Gasteiger partial charge in [0.25, 0.3) is 12.3 Å². The van der Waals surface area contributed by atoms with E-state index in [0.29, 0.717) is 48.4 Å². The summed E-state index contributed by atoms with van der Waals surface area (Å²) in [5, 5.41) is 0. The lowest BCUT2D eigenvalue weighted by molar-refractivity contribution is -0.130. The Hall–Kier alpha value is -4.21. The minimum atomic E-state index is -2.87. The molecule has 0 aliphatic carbocycles. The van der Waals surface area contributed by atoms with Crippen molar-refractivity contribution in [3.63, 3.8) is 0 Å². The van der Waals surface area contributed by atoms with Gasteiger partial charge in [-0.05, 0) is 94.7 Å². The highest BCUT2D eigenvalue weighted by molar-refractivity contribution is 5.93. The lowest BCUT2D eigenvalue weighted by Crippen LogP contribution is -2.38. The van der Waals surface area contributed by atoms with E-state index in [4.69, 9.17) is 9.15 Å². The van der Waals surface area contributed by atoms with Crippen LogP contribution in [0.3, 0.4) is 0 Å². The number of aromatic nitrogens is 1. The van der Waals surface area contributed by atoms with Crippen LogP contribution in [0.2, 0.25) is 0 Å². The van der Waals surface area contributed by atoms with E-state index >= 15 is 0 Å². The lowest BCUT2D eigenvalue weighted by Gasteiger charge is -2.30. The third-order valence-corrected chi connectivity index (χ3v) is 8.01. The molecule has 1 atom stereocenters. The lowest BCUT2D eigenvalue weighted by atomic mass is 10.0. The average Bonchev–Trinajstić information content (AvgIpc) is 3.55. The molecule has 1 amide bonds. The van der Waals surface area contributed by atoms with Gasteiger partial charge >= 0.3 is 0 Å².